The largest absolute Gasteiger partial charge is 0.307 e. The number of thiophene rings is 1. The Bertz CT molecular complexity index is 273. The Balaban J connectivity index is 2.26. The van der Waals surface area contributed by atoms with Crippen LogP contribution in [0, 0.1) is 0 Å². The van der Waals surface area contributed by atoms with Gasteiger partial charge in [-0.25, -0.2) is 8.78 Å². The highest BCUT2D eigenvalue weighted by molar-refractivity contribution is 7.10. The number of nitrogens with one attached hydrogen (secondary N) is 1. The van der Waals surface area contributed by atoms with Gasteiger partial charge in [-0.1, -0.05) is 13.3 Å². The second kappa shape index (κ2) is 6.90. The van der Waals surface area contributed by atoms with Gasteiger partial charge in [0.25, 0.3) is 6.43 Å². The predicted octanol–water partition coefficient (Wildman–Crippen LogP) is 3.45. The fourth-order valence-electron chi connectivity index (χ4n) is 1.33. The summed E-state index contributed by atoms with van der Waals surface area (Å²) >= 11 is 1.72. The summed E-state index contributed by atoms with van der Waals surface area (Å²) in [6, 6.07) is 2.11. The van der Waals surface area contributed by atoms with Crippen LogP contribution < -0.4 is 5.32 Å². The summed E-state index contributed by atoms with van der Waals surface area (Å²) in [5.41, 5.74) is 1.12. The summed E-state index contributed by atoms with van der Waals surface area (Å²) in [7, 11) is 0. The van der Waals surface area contributed by atoms with Crippen molar-refractivity contribution in [3.8, 4) is 0 Å². The Kier molecular flexibility index (Phi) is 5.79. The van der Waals surface area contributed by atoms with Crippen molar-refractivity contribution in [2.75, 3.05) is 6.54 Å². The first kappa shape index (κ1) is 12.6. The van der Waals surface area contributed by atoms with E-state index < -0.39 is 6.43 Å². The average Bonchev–Trinajstić information content (AvgIpc) is 2.62. The third kappa shape index (κ3) is 5.23. The Labute approximate surface area is 93.5 Å². The molecule has 4 heteroatoms. The molecule has 0 aliphatic rings. The lowest BCUT2D eigenvalue weighted by atomic mass is 10.2. The molecule has 0 bridgehead atoms. The molecule has 0 radical (unpaired) electrons. The van der Waals surface area contributed by atoms with Gasteiger partial charge in [0.05, 0.1) is 6.54 Å². The third-order valence-electron chi connectivity index (χ3n) is 2.11. The van der Waals surface area contributed by atoms with E-state index in [2.05, 4.69) is 18.3 Å². The Morgan fingerprint density at radius 2 is 2.27 bits per heavy atom. The minimum absolute atomic E-state index is 0.222. The zero-order valence-corrected chi connectivity index (χ0v) is 9.75. The minimum atomic E-state index is -2.26. The summed E-state index contributed by atoms with van der Waals surface area (Å²) in [5, 5.41) is 4.77. The smallest absolute Gasteiger partial charge is 0.250 e. The highest BCUT2D eigenvalue weighted by atomic mass is 32.1. The van der Waals surface area contributed by atoms with Crippen LogP contribution in [0.4, 0.5) is 8.78 Å². The van der Waals surface area contributed by atoms with E-state index in [1.54, 1.807) is 11.3 Å². The van der Waals surface area contributed by atoms with Crippen LogP contribution in [0.1, 0.15) is 30.2 Å². The molecule has 1 heterocycles. The lowest BCUT2D eigenvalue weighted by molar-refractivity contribution is 0.145. The van der Waals surface area contributed by atoms with Gasteiger partial charge in [-0.15, -0.1) is 11.3 Å². The Morgan fingerprint density at radius 1 is 1.47 bits per heavy atom. The van der Waals surface area contributed by atoms with Crippen molar-refractivity contribution in [2.45, 2.75) is 39.2 Å². The van der Waals surface area contributed by atoms with Gasteiger partial charge in [0.2, 0.25) is 0 Å². The molecule has 15 heavy (non-hydrogen) atoms. The molecular weight excluding hydrogens is 216 g/mol. The maximum atomic E-state index is 11.8. The van der Waals surface area contributed by atoms with Gasteiger partial charge in [-0.05, 0) is 29.9 Å². The molecule has 0 amide bonds. The van der Waals surface area contributed by atoms with Gasteiger partial charge < -0.3 is 5.32 Å². The SMILES string of the molecule is CCCCc1cc(CNCC(F)F)cs1. The fraction of sp³-hybridized carbons (Fsp3) is 0.636. The predicted molar refractivity (Wildman–Crippen MR) is 60.6 cm³/mol. The quantitative estimate of drug-likeness (QED) is 0.760. The van der Waals surface area contributed by atoms with Crippen LogP contribution in [0.25, 0.3) is 0 Å². The van der Waals surface area contributed by atoms with E-state index in [9.17, 15) is 8.78 Å². The molecule has 1 rings (SSSR count). The second-order valence-electron chi connectivity index (χ2n) is 3.55. The topological polar surface area (TPSA) is 12.0 Å². The monoisotopic (exact) mass is 233 g/mol. The van der Waals surface area contributed by atoms with Gasteiger partial charge in [-0.3, -0.25) is 0 Å². The first-order chi connectivity index (χ1) is 7.22. The zero-order valence-electron chi connectivity index (χ0n) is 8.93. The Morgan fingerprint density at radius 3 is 2.93 bits per heavy atom. The van der Waals surface area contributed by atoms with E-state index in [0.717, 1.165) is 12.0 Å². The molecule has 1 N–H and O–H groups in total. The van der Waals surface area contributed by atoms with Crippen molar-refractivity contribution in [3.63, 3.8) is 0 Å². The van der Waals surface area contributed by atoms with E-state index in [1.807, 2.05) is 5.38 Å². The van der Waals surface area contributed by atoms with E-state index in [4.69, 9.17) is 0 Å². The summed E-state index contributed by atoms with van der Waals surface area (Å²) in [6.07, 6.45) is 1.24. The molecule has 0 spiro atoms. The number of alkyl halides is 2. The van der Waals surface area contributed by atoms with Gasteiger partial charge in [0.15, 0.2) is 0 Å². The molecule has 0 atom stereocenters. The molecule has 0 unspecified atom stereocenters. The minimum Gasteiger partial charge on any atom is -0.307 e. The lowest BCUT2D eigenvalue weighted by Gasteiger charge is -2.00. The number of hydrogen-bond acceptors (Lipinski definition) is 2. The number of aryl methyl sites for hydroxylation is 1. The molecule has 0 saturated carbocycles. The molecular formula is C11H17F2NS. The molecule has 0 aliphatic carbocycles. The molecule has 1 nitrogen and oxygen atoms in total. The van der Waals surface area contributed by atoms with Gasteiger partial charge in [0, 0.05) is 11.4 Å². The maximum Gasteiger partial charge on any atom is 0.250 e. The normalized spacial score (nSPS) is 11.2. The van der Waals surface area contributed by atoms with E-state index in [-0.39, 0.29) is 6.54 Å². The molecule has 0 aromatic carbocycles. The third-order valence-corrected chi connectivity index (χ3v) is 3.16. The lowest BCUT2D eigenvalue weighted by Crippen LogP contribution is -2.20. The van der Waals surface area contributed by atoms with Crippen molar-refractivity contribution in [2.24, 2.45) is 0 Å². The summed E-state index contributed by atoms with van der Waals surface area (Å²) < 4.78 is 23.7. The standard InChI is InChI=1S/C11H17F2NS/c1-2-3-4-10-5-9(8-15-10)6-14-7-11(12)13/h5,8,11,14H,2-4,6-7H2,1H3. The molecule has 0 fully saturated rings. The number of halogens is 2. The average molecular weight is 233 g/mol. The van der Waals surface area contributed by atoms with Crippen LogP contribution in [0.5, 0.6) is 0 Å². The number of rotatable bonds is 7. The van der Waals surface area contributed by atoms with Crippen LogP contribution in [-0.2, 0) is 13.0 Å². The van der Waals surface area contributed by atoms with Crippen molar-refractivity contribution in [1.82, 2.24) is 5.32 Å². The van der Waals surface area contributed by atoms with Crippen molar-refractivity contribution in [1.29, 1.82) is 0 Å². The van der Waals surface area contributed by atoms with Gasteiger partial charge in [0.1, 0.15) is 0 Å². The van der Waals surface area contributed by atoms with Crippen LogP contribution in [0.15, 0.2) is 11.4 Å². The van der Waals surface area contributed by atoms with Crippen LogP contribution in [-0.4, -0.2) is 13.0 Å². The summed E-state index contributed by atoms with van der Waals surface area (Å²) in [4.78, 5) is 1.35. The van der Waals surface area contributed by atoms with E-state index >= 15 is 0 Å². The first-order valence-corrected chi connectivity index (χ1v) is 6.15. The molecule has 86 valence electrons. The van der Waals surface area contributed by atoms with Crippen molar-refractivity contribution < 1.29 is 8.78 Å². The highest BCUT2D eigenvalue weighted by Crippen LogP contribution is 2.16. The second-order valence-corrected chi connectivity index (χ2v) is 4.54. The summed E-state index contributed by atoms with van der Waals surface area (Å²) in [5.74, 6) is 0. The van der Waals surface area contributed by atoms with Gasteiger partial charge >= 0.3 is 0 Å². The van der Waals surface area contributed by atoms with E-state index in [0.29, 0.717) is 6.54 Å². The highest BCUT2D eigenvalue weighted by Gasteiger charge is 2.02. The van der Waals surface area contributed by atoms with Crippen molar-refractivity contribution in [3.05, 3.63) is 21.9 Å². The Hall–Kier alpha value is -0.480. The zero-order chi connectivity index (χ0) is 11.1. The maximum absolute atomic E-state index is 11.8. The van der Waals surface area contributed by atoms with Crippen LogP contribution in [0.2, 0.25) is 0 Å². The molecule has 1 aromatic rings. The molecule has 1 aromatic heterocycles. The van der Waals surface area contributed by atoms with E-state index in [1.165, 1.54) is 17.7 Å². The first-order valence-electron chi connectivity index (χ1n) is 5.27. The van der Waals surface area contributed by atoms with Crippen LogP contribution >= 0.6 is 11.3 Å². The van der Waals surface area contributed by atoms with Gasteiger partial charge in [-0.2, -0.15) is 0 Å². The summed E-state index contributed by atoms with van der Waals surface area (Å²) in [6.45, 7) is 2.49. The van der Waals surface area contributed by atoms with Crippen LogP contribution in [0.3, 0.4) is 0 Å². The number of unbranched alkanes of at least 4 members (excludes halogenated alkanes) is 1. The molecule has 0 aliphatic heterocycles. The van der Waals surface area contributed by atoms with Crippen molar-refractivity contribution >= 4 is 11.3 Å². The molecule has 0 saturated heterocycles. The fourth-order valence-corrected chi connectivity index (χ4v) is 2.26. The number of hydrogen-bond donors (Lipinski definition) is 1.